The van der Waals surface area contributed by atoms with Crippen molar-refractivity contribution in [3.63, 3.8) is 0 Å². The molecule has 98 valence electrons. The Morgan fingerprint density at radius 3 is 2.68 bits per heavy atom. The van der Waals surface area contributed by atoms with Crippen molar-refractivity contribution in [3.8, 4) is 11.4 Å². The maximum absolute atomic E-state index is 12.0. The van der Waals surface area contributed by atoms with Crippen molar-refractivity contribution in [2.75, 3.05) is 7.11 Å². The highest BCUT2D eigenvalue weighted by atomic mass is 16.5. The molecule has 0 saturated heterocycles. The highest BCUT2D eigenvalue weighted by molar-refractivity contribution is 5.98. The second kappa shape index (κ2) is 4.53. The van der Waals surface area contributed by atoms with Crippen LogP contribution in [0.3, 0.4) is 0 Å². The van der Waals surface area contributed by atoms with Gasteiger partial charge in [-0.05, 0) is 36.6 Å². The normalized spacial score (nSPS) is 18.2. The van der Waals surface area contributed by atoms with E-state index in [2.05, 4.69) is 12.0 Å². The van der Waals surface area contributed by atoms with Crippen LogP contribution in [-0.4, -0.2) is 22.7 Å². The third-order valence-corrected chi connectivity index (χ3v) is 3.56. The molecule has 0 radical (unpaired) electrons. The van der Waals surface area contributed by atoms with Crippen LogP contribution in [0.4, 0.5) is 0 Å². The van der Waals surface area contributed by atoms with Crippen LogP contribution in [0.5, 0.6) is 5.75 Å². The highest BCUT2D eigenvalue weighted by Crippen LogP contribution is 2.27. The topological polar surface area (TPSA) is 44.1 Å². The molecule has 0 fully saturated rings. The number of ether oxygens (including phenoxy) is 1. The van der Waals surface area contributed by atoms with Gasteiger partial charge in [0.2, 0.25) is 0 Å². The average molecular weight is 256 g/mol. The summed E-state index contributed by atoms with van der Waals surface area (Å²) < 4.78 is 7.01. The Bertz CT molecular complexity index is 614. The van der Waals surface area contributed by atoms with Gasteiger partial charge in [0.05, 0.1) is 30.3 Å². The molecule has 1 aromatic heterocycles. The summed E-state index contributed by atoms with van der Waals surface area (Å²) in [6, 6.07) is 7.71. The van der Waals surface area contributed by atoms with Crippen LogP contribution in [0.2, 0.25) is 0 Å². The second-order valence-corrected chi connectivity index (χ2v) is 5.05. The summed E-state index contributed by atoms with van der Waals surface area (Å²) in [6.45, 7) is 2.10. The maximum Gasteiger partial charge on any atom is 0.166 e. The summed E-state index contributed by atoms with van der Waals surface area (Å²) in [4.78, 5) is 12.0. The summed E-state index contributed by atoms with van der Waals surface area (Å²) in [5.74, 6) is 1.40. The lowest BCUT2D eigenvalue weighted by atomic mass is 9.88. The number of aromatic nitrogens is 2. The van der Waals surface area contributed by atoms with Gasteiger partial charge in [0.15, 0.2) is 5.78 Å². The smallest absolute Gasteiger partial charge is 0.166 e. The molecule has 0 aliphatic heterocycles. The summed E-state index contributed by atoms with van der Waals surface area (Å²) in [5, 5.41) is 4.36. The Morgan fingerprint density at radius 1 is 1.26 bits per heavy atom. The predicted molar refractivity (Wildman–Crippen MR) is 71.9 cm³/mol. The number of carbonyl (C=O) groups excluding carboxylic acids is 1. The van der Waals surface area contributed by atoms with E-state index in [9.17, 15) is 4.79 Å². The SMILES string of the molecule is COc1ccc(-n2ncc3c2C[C@@H](C)CC3=O)cc1. The third kappa shape index (κ3) is 2.03. The van der Waals surface area contributed by atoms with Crippen molar-refractivity contribution in [1.29, 1.82) is 0 Å². The molecule has 0 saturated carbocycles. The Labute approximate surface area is 112 Å². The van der Waals surface area contributed by atoms with Crippen LogP contribution in [0.15, 0.2) is 30.5 Å². The van der Waals surface area contributed by atoms with Gasteiger partial charge in [-0.1, -0.05) is 6.92 Å². The van der Waals surface area contributed by atoms with Crippen molar-refractivity contribution >= 4 is 5.78 Å². The van der Waals surface area contributed by atoms with Crippen LogP contribution in [0.25, 0.3) is 5.69 Å². The molecule has 1 heterocycles. The van der Waals surface area contributed by atoms with Crippen LogP contribution in [0.1, 0.15) is 29.4 Å². The number of Topliss-reactive ketones (excluding diaryl/α,β-unsaturated/α-hetero) is 1. The van der Waals surface area contributed by atoms with Crippen molar-refractivity contribution in [2.24, 2.45) is 5.92 Å². The summed E-state index contributed by atoms with van der Waals surface area (Å²) in [6.07, 6.45) is 3.21. The fourth-order valence-electron chi connectivity index (χ4n) is 2.58. The zero-order valence-electron chi connectivity index (χ0n) is 11.1. The lowest BCUT2D eigenvalue weighted by Gasteiger charge is -2.18. The summed E-state index contributed by atoms with van der Waals surface area (Å²) in [7, 11) is 1.64. The van der Waals surface area contributed by atoms with E-state index in [1.54, 1.807) is 13.3 Å². The standard InChI is InChI=1S/C15H16N2O2/c1-10-7-14-13(15(18)8-10)9-16-17(14)11-3-5-12(19-2)6-4-11/h3-6,9-10H,7-8H2,1-2H3/t10-/m1/s1. The van der Waals surface area contributed by atoms with Crippen LogP contribution < -0.4 is 4.74 Å². The Morgan fingerprint density at radius 2 is 2.00 bits per heavy atom. The first-order valence-corrected chi connectivity index (χ1v) is 6.43. The molecular formula is C15H16N2O2. The molecule has 19 heavy (non-hydrogen) atoms. The Hall–Kier alpha value is -2.10. The van der Waals surface area contributed by atoms with E-state index in [1.165, 1.54) is 0 Å². The van der Waals surface area contributed by atoms with Crippen LogP contribution >= 0.6 is 0 Å². The molecule has 1 aromatic carbocycles. The molecule has 4 heteroatoms. The zero-order chi connectivity index (χ0) is 13.4. The number of fused-ring (bicyclic) bond motifs is 1. The van der Waals surface area contributed by atoms with E-state index in [0.29, 0.717) is 12.3 Å². The van der Waals surface area contributed by atoms with E-state index in [0.717, 1.165) is 29.1 Å². The monoisotopic (exact) mass is 256 g/mol. The molecule has 1 atom stereocenters. The number of hydrogen-bond acceptors (Lipinski definition) is 3. The van der Waals surface area contributed by atoms with Gasteiger partial charge in [0.1, 0.15) is 5.75 Å². The first kappa shape index (κ1) is 12.0. The van der Waals surface area contributed by atoms with Gasteiger partial charge in [-0.2, -0.15) is 5.10 Å². The van der Waals surface area contributed by atoms with Gasteiger partial charge >= 0.3 is 0 Å². The lowest BCUT2D eigenvalue weighted by Crippen LogP contribution is -2.19. The van der Waals surface area contributed by atoms with Gasteiger partial charge in [0, 0.05) is 6.42 Å². The molecule has 0 spiro atoms. The predicted octanol–water partition coefficient (Wildman–Crippen LogP) is 2.65. The first-order chi connectivity index (χ1) is 9.19. The third-order valence-electron chi connectivity index (χ3n) is 3.56. The molecule has 0 N–H and O–H groups in total. The molecule has 0 bridgehead atoms. The maximum atomic E-state index is 12.0. The minimum absolute atomic E-state index is 0.202. The van der Waals surface area contributed by atoms with Crippen molar-refractivity contribution in [3.05, 3.63) is 41.7 Å². The molecule has 2 aromatic rings. The van der Waals surface area contributed by atoms with E-state index in [-0.39, 0.29) is 5.78 Å². The Kier molecular flexibility index (Phi) is 2.85. The Balaban J connectivity index is 2.04. The number of ketones is 1. The number of methoxy groups -OCH3 is 1. The number of benzene rings is 1. The van der Waals surface area contributed by atoms with Crippen molar-refractivity contribution in [1.82, 2.24) is 9.78 Å². The van der Waals surface area contributed by atoms with Gasteiger partial charge in [-0.15, -0.1) is 0 Å². The first-order valence-electron chi connectivity index (χ1n) is 6.43. The van der Waals surface area contributed by atoms with Crippen molar-refractivity contribution < 1.29 is 9.53 Å². The molecule has 1 aliphatic rings. The van der Waals surface area contributed by atoms with Gasteiger partial charge in [0.25, 0.3) is 0 Å². The average Bonchev–Trinajstić information content (AvgIpc) is 2.83. The quantitative estimate of drug-likeness (QED) is 0.829. The summed E-state index contributed by atoms with van der Waals surface area (Å²) in [5.41, 5.74) is 2.76. The molecule has 0 unspecified atom stereocenters. The van der Waals surface area contributed by atoms with Gasteiger partial charge in [-0.3, -0.25) is 4.79 Å². The molecule has 0 amide bonds. The van der Waals surface area contributed by atoms with E-state index in [1.807, 2.05) is 28.9 Å². The zero-order valence-corrected chi connectivity index (χ0v) is 11.1. The number of rotatable bonds is 2. The van der Waals surface area contributed by atoms with Crippen LogP contribution in [0, 0.1) is 5.92 Å². The molecule has 3 rings (SSSR count). The minimum atomic E-state index is 0.202. The highest BCUT2D eigenvalue weighted by Gasteiger charge is 2.26. The summed E-state index contributed by atoms with van der Waals surface area (Å²) >= 11 is 0. The fourth-order valence-corrected chi connectivity index (χ4v) is 2.58. The van der Waals surface area contributed by atoms with E-state index >= 15 is 0 Å². The van der Waals surface area contributed by atoms with Crippen LogP contribution in [-0.2, 0) is 6.42 Å². The van der Waals surface area contributed by atoms with Gasteiger partial charge < -0.3 is 4.74 Å². The number of carbonyl (C=O) groups is 1. The minimum Gasteiger partial charge on any atom is -0.497 e. The molecular weight excluding hydrogens is 240 g/mol. The van der Waals surface area contributed by atoms with Gasteiger partial charge in [-0.25, -0.2) is 4.68 Å². The second-order valence-electron chi connectivity index (χ2n) is 5.05. The van der Waals surface area contributed by atoms with E-state index < -0.39 is 0 Å². The van der Waals surface area contributed by atoms with E-state index in [4.69, 9.17) is 4.74 Å². The molecule has 1 aliphatic carbocycles. The largest absolute Gasteiger partial charge is 0.497 e. The van der Waals surface area contributed by atoms with Crippen molar-refractivity contribution in [2.45, 2.75) is 19.8 Å². The number of nitrogens with zero attached hydrogens (tertiary/aromatic N) is 2. The lowest BCUT2D eigenvalue weighted by molar-refractivity contribution is 0.0952. The fraction of sp³-hybridized carbons (Fsp3) is 0.333. The molecule has 4 nitrogen and oxygen atoms in total. The number of hydrogen-bond donors (Lipinski definition) is 0.